The lowest BCUT2D eigenvalue weighted by molar-refractivity contribution is -0.114. The molecule has 0 bridgehead atoms. The van der Waals surface area contributed by atoms with E-state index in [1.54, 1.807) is 32.3 Å². The van der Waals surface area contributed by atoms with Crippen LogP contribution in [0.5, 0.6) is 0 Å². The Labute approximate surface area is 104 Å². The van der Waals surface area contributed by atoms with E-state index in [1.165, 1.54) is 10.9 Å². The Morgan fingerprint density at radius 1 is 1.39 bits per heavy atom. The van der Waals surface area contributed by atoms with Gasteiger partial charge in [-0.15, -0.1) is 0 Å². The molecule has 6 heteroatoms. The highest BCUT2D eigenvalue weighted by Crippen LogP contribution is 2.20. The van der Waals surface area contributed by atoms with Gasteiger partial charge in [-0.3, -0.25) is 4.68 Å². The zero-order valence-electron chi connectivity index (χ0n) is 10.0. The number of aromatic nitrogens is 4. The number of nitrogens with zero attached hydrogens (tertiary/aromatic N) is 5. The van der Waals surface area contributed by atoms with Gasteiger partial charge in [0.15, 0.2) is 5.82 Å². The molecule has 0 aromatic carbocycles. The number of nitriles is 1. The number of hydrogen-bond acceptors (Lipinski definition) is 5. The van der Waals surface area contributed by atoms with Gasteiger partial charge < -0.3 is 4.79 Å². The highest BCUT2D eigenvalue weighted by Gasteiger charge is 2.23. The molecule has 2 rings (SSSR count). The van der Waals surface area contributed by atoms with E-state index in [0.29, 0.717) is 17.1 Å². The second-order valence-electron chi connectivity index (χ2n) is 4.29. The average Bonchev–Trinajstić information content (AvgIpc) is 2.84. The van der Waals surface area contributed by atoms with Gasteiger partial charge in [-0.05, 0) is 19.9 Å². The van der Waals surface area contributed by atoms with E-state index < -0.39 is 5.54 Å². The molecule has 0 radical (unpaired) electrons. The first-order valence-electron chi connectivity index (χ1n) is 5.32. The van der Waals surface area contributed by atoms with Crippen molar-refractivity contribution in [1.82, 2.24) is 19.7 Å². The quantitative estimate of drug-likeness (QED) is 0.752. The predicted molar refractivity (Wildman–Crippen MR) is 63.4 cm³/mol. The summed E-state index contributed by atoms with van der Waals surface area (Å²) in [6.07, 6.45) is 5.46. The molecule has 0 aliphatic carbocycles. The topological polar surface area (TPSA) is 84.5 Å². The summed E-state index contributed by atoms with van der Waals surface area (Å²) in [6, 6.07) is 3.71. The van der Waals surface area contributed by atoms with Crippen LogP contribution in [0.4, 0.5) is 0 Å². The molecule has 0 unspecified atom stereocenters. The third-order valence-corrected chi connectivity index (χ3v) is 2.49. The third-order valence-electron chi connectivity index (χ3n) is 2.49. The standard InChI is InChI=1S/C12H11N5O/c1-12(2,8-18)17-7-9(6-13)10(16-17)11-14-4-3-5-15-11/h3-5,7-8H,1-2H3. The fourth-order valence-electron chi connectivity index (χ4n) is 1.39. The van der Waals surface area contributed by atoms with Crippen LogP contribution in [0.15, 0.2) is 24.7 Å². The van der Waals surface area contributed by atoms with Crippen LogP contribution in [0.1, 0.15) is 19.4 Å². The van der Waals surface area contributed by atoms with Gasteiger partial charge >= 0.3 is 0 Å². The van der Waals surface area contributed by atoms with E-state index in [4.69, 9.17) is 5.26 Å². The molecule has 0 N–H and O–H groups in total. The van der Waals surface area contributed by atoms with Gasteiger partial charge in [0, 0.05) is 18.6 Å². The van der Waals surface area contributed by atoms with E-state index >= 15 is 0 Å². The zero-order chi connectivity index (χ0) is 13.2. The van der Waals surface area contributed by atoms with Crippen LogP contribution >= 0.6 is 0 Å². The largest absolute Gasteiger partial charge is 0.301 e. The van der Waals surface area contributed by atoms with Crippen molar-refractivity contribution in [3.8, 4) is 17.6 Å². The smallest absolute Gasteiger partial charge is 0.181 e. The van der Waals surface area contributed by atoms with Gasteiger partial charge in [-0.1, -0.05) is 0 Å². The molecular formula is C12H11N5O. The molecule has 0 atom stereocenters. The Morgan fingerprint density at radius 3 is 2.61 bits per heavy atom. The molecule has 18 heavy (non-hydrogen) atoms. The maximum absolute atomic E-state index is 11.0. The van der Waals surface area contributed by atoms with Crippen molar-refractivity contribution in [2.75, 3.05) is 0 Å². The molecule has 2 heterocycles. The van der Waals surface area contributed by atoms with Crippen molar-refractivity contribution in [2.24, 2.45) is 0 Å². The summed E-state index contributed by atoms with van der Waals surface area (Å²) in [5.74, 6) is 0.370. The van der Waals surface area contributed by atoms with Crippen LogP contribution < -0.4 is 0 Å². The maximum Gasteiger partial charge on any atom is 0.181 e. The molecule has 0 amide bonds. The van der Waals surface area contributed by atoms with Crippen LogP contribution in [-0.2, 0) is 10.3 Å². The van der Waals surface area contributed by atoms with Gasteiger partial charge in [-0.25, -0.2) is 9.97 Å². The highest BCUT2D eigenvalue weighted by molar-refractivity contribution is 5.63. The van der Waals surface area contributed by atoms with Crippen molar-refractivity contribution < 1.29 is 4.79 Å². The summed E-state index contributed by atoms with van der Waals surface area (Å²) in [5, 5.41) is 13.3. The minimum atomic E-state index is -0.807. The molecule has 2 aromatic rings. The summed E-state index contributed by atoms with van der Waals surface area (Å²) >= 11 is 0. The monoisotopic (exact) mass is 241 g/mol. The molecule has 0 saturated carbocycles. The summed E-state index contributed by atoms with van der Waals surface area (Å²) in [6.45, 7) is 3.42. The number of hydrogen-bond donors (Lipinski definition) is 0. The molecule has 2 aromatic heterocycles. The van der Waals surface area contributed by atoms with E-state index in [9.17, 15) is 4.79 Å². The van der Waals surface area contributed by atoms with Gasteiger partial charge in [0.2, 0.25) is 0 Å². The molecule has 0 aliphatic rings. The van der Waals surface area contributed by atoms with Crippen LogP contribution in [0.3, 0.4) is 0 Å². The SMILES string of the molecule is CC(C)(C=O)n1cc(C#N)c(-c2ncccn2)n1. The maximum atomic E-state index is 11.0. The van der Waals surface area contributed by atoms with Gasteiger partial charge in [0.25, 0.3) is 0 Å². The van der Waals surface area contributed by atoms with Gasteiger partial charge in [0.1, 0.15) is 29.2 Å². The minimum absolute atomic E-state index is 0.344. The van der Waals surface area contributed by atoms with E-state index in [1.807, 2.05) is 6.07 Å². The fourth-order valence-corrected chi connectivity index (χ4v) is 1.39. The Hall–Kier alpha value is -2.55. The number of rotatable bonds is 3. The number of aldehydes is 1. The lowest BCUT2D eigenvalue weighted by atomic mass is 10.1. The second-order valence-corrected chi connectivity index (χ2v) is 4.29. The van der Waals surface area contributed by atoms with Crippen LogP contribution in [0.25, 0.3) is 11.5 Å². The number of carbonyl (C=O) groups excluding carboxylic acids is 1. The second kappa shape index (κ2) is 4.37. The van der Waals surface area contributed by atoms with E-state index in [2.05, 4.69) is 15.1 Å². The normalized spacial score (nSPS) is 10.9. The van der Waals surface area contributed by atoms with Crippen LogP contribution in [0, 0.1) is 11.3 Å². The van der Waals surface area contributed by atoms with E-state index in [0.717, 1.165) is 6.29 Å². The average molecular weight is 241 g/mol. The van der Waals surface area contributed by atoms with Gasteiger partial charge in [-0.2, -0.15) is 10.4 Å². The van der Waals surface area contributed by atoms with Gasteiger partial charge in [0.05, 0.1) is 0 Å². The summed E-state index contributed by atoms with van der Waals surface area (Å²) in [4.78, 5) is 19.1. The Kier molecular flexibility index (Phi) is 2.90. The van der Waals surface area contributed by atoms with Crippen molar-refractivity contribution in [3.63, 3.8) is 0 Å². The summed E-state index contributed by atoms with van der Waals surface area (Å²) in [7, 11) is 0. The lowest BCUT2D eigenvalue weighted by Gasteiger charge is -2.16. The molecular weight excluding hydrogens is 230 g/mol. The molecule has 0 spiro atoms. The Morgan fingerprint density at radius 2 is 2.06 bits per heavy atom. The minimum Gasteiger partial charge on any atom is -0.301 e. The molecule has 90 valence electrons. The Bertz CT molecular complexity index is 609. The summed E-state index contributed by atoms with van der Waals surface area (Å²) in [5.41, 5.74) is -0.0808. The van der Waals surface area contributed by atoms with Crippen molar-refractivity contribution in [1.29, 1.82) is 5.26 Å². The van der Waals surface area contributed by atoms with Crippen molar-refractivity contribution >= 4 is 6.29 Å². The first-order valence-corrected chi connectivity index (χ1v) is 5.32. The molecule has 0 aliphatic heterocycles. The van der Waals surface area contributed by atoms with Crippen molar-refractivity contribution in [3.05, 3.63) is 30.2 Å². The zero-order valence-corrected chi connectivity index (χ0v) is 10.0. The fraction of sp³-hybridized carbons (Fsp3) is 0.250. The van der Waals surface area contributed by atoms with Crippen LogP contribution in [0.2, 0.25) is 0 Å². The summed E-state index contributed by atoms with van der Waals surface area (Å²) < 4.78 is 1.45. The number of carbonyl (C=O) groups is 1. The predicted octanol–water partition coefficient (Wildman–Crippen LogP) is 1.15. The molecule has 0 saturated heterocycles. The van der Waals surface area contributed by atoms with Crippen LogP contribution in [-0.4, -0.2) is 26.0 Å². The molecule has 0 fully saturated rings. The highest BCUT2D eigenvalue weighted by atomic mass is 16.1. The lowest BCUT2D eigenvalue weighted by Crippen LogP contribution is -2.28. The Balaban J connectivity index is 2.57. The van der Waals surface area contributed by atoms with Crippen molar-refractivity contribution in [2.45, 2.75) is 19.4 Å². The molecule has 6 nitrogen and oxygen atoms in total. The first kappa shape index (κ1) is 11.9. The third kappa shape index (κ3) is 1.98. The first-order chi connectivity index (χ1) is 8.58. The van der Waals surface area contributed by atoms with E-state index in [-0.39, 0.29) is 0 Å².